The van der Waals surface area contributed by atoms with E-state index in [1.165, 1.54) is 13.2 Å². The first-order valence-corrected chi connectivity index (χ1v) is 5.46. The van der Waals surface area contributed by atoms with E-state index >= 15 is 0 Å². The van der Waals surface area contributed by atoms with Crippen molar-refractivity contribution in [3.8, 4) is 0 Å². The molecule has 0 aliphatic rings. The number of benzene rings is 1. The van der Waals surface area contributed by atoms with Gasteiger partial charge in [-0.2, -0.15) is 0 Å². The SMILES string of the molecule is COCCN(CC(F)F)C(=O)c1cccc(N)c1.Cl. The van der Waals surface area contributed by atoms with Crippen LogP contribution in [-0.4, -0.2) is 44.0 Å². The maximum atomic E-state index is 12.4. The molecule has 19 heavy (non-hydrogen) atoms. The summed E-state index contributed by atoms with van der Waals surface area (Å²) >= 11 is 0. The molecule has 108 valence electrons. The van der Waals surface area contributed by atoms with E-state index in [4.69, 9.17) is 10.5 Å². The fourth-order valence-corrected chi connectivity index (χ4v) is 1.50. The maximum absolute atomic E-state index is 12.4. The zero-order chi connectivity index (χ0) is 13.5. The summed E-state index contributed by atoms with van der Waals surface area (Å²) in [6.07, 6.45) is -2.58. The Morgan fingerprint density at radius 2 is 2.16 bits per heavy atom. The number of carbonyl (C=O) groups excluding carboxylic acids is 1. The van der Waals surface area contributed by atoms with Crippen LogP contribution in [0.25, 0.3) is 0 Å². The standard InChI is InChI=1S/C12H16F2N2O2.ClH/c1-18-6-5-16(8-11(13)14)12(17)9-3-2-4-10(15)7-9;/h2-4,7,11H,5-6,8,15H2,1H3;1H. The molecular weight excluding hydrogens is 278 g/mol. The summed E-state index contributed by atoms with van der Waals surface area (Å²) in [5, 5.41) is 0. The number of hydrogen-bond donors (Lipinski definition) is 1. The van der Waals surface area contributed by atoms with Crippen LogP contribution in [0.3, 0.4) is 0 Å². The van der Waals surface area contributed by atoms with E-state index in [2.05, 4.69) is 0 Å². The summed E-state index contributed by atoms with van der Waals surface area (Å²) in [6.45, 7) is -0.285. The van der Waals surface area contributed by atoms with Gasteiger partial charge >= 0.3 is 0 Å². The van der Waals surface area contributed by atoms with Crippen molar-refractivity contribution in [2.45, 2.75) is 6.43 Å². The molecule has 0 fully saturated rings. The molecule has 0 heterocycles. The van der Waals surface area contributed by atoms with Gasteiger partial charge in [0, 0.05) is 24.9 Å². The van der Waals surface area contributed by atoms with Crippen molar-refractivity contribution in [3.63, 3.8) is 0 Å². The fraction of sp³-hybridized carbons (Fsp3) is 0.417. The van der Waals surface area contributed by atoms with Crippen LogP contribution in [0.5, 0.6) is 0 Å². The van der Waals surface area contributed by atoms with Gasteiger partial charge in [-0.05, 0) is 18.2 Å². The van der Waals surface area contributed by atoms with E-state index in [1.807, 2.05) is 0 Å². The third kappa shape index (κ3) is 5.85. The molecule has 0 aliphatic carbocycles. The molecule has 4 nitrogen and oxygen atoms in total. The average molecular weight is 295 g/mol. The van der Waals surface area contributed by atoms with Gasteiger partial charge in [0.1, 0.15) is 0 Å². The van der Waals surface area contributed by atoms with E-state index in [0.29, 0.717) is 11.3 Å². The van der Waals surface area contributed by atoms with Gasteiger partial charge in [0.2, 0.25) is 0 Å². The Balaban J connectivity index is 0.00000324. The second kappa shape index (κ2) is 8.66. The number of nitrogens with two attached hydrogens (primary N) is 1. The van der Waals surface area contributed by atoms with Crippen molar-refractivity contribution in [2.75, 3.05) is 32.5 Å². The average Bonchev–Trinajstić information content (AvgIpc) is 2.33. The molecule has 0 saturated heterocycles. The maximum Gasteiger partial charge on any atom is 0.255 e. The number of rotatable bonds is 6. The predicted molar refractivity (Wildman–Crippen MR) is 71.9 cm³/mol. The van der Waals surface area contributed by atoms with Crippen molar-refractivity contribution >= 4 is 24.0 Å². The van der Waals surface area contributed by atoms with Gasteiger partial charge in [-0.3, -0.25) is 4.79 Å². The highest BCUT2D eigenvalue weighted by Gasteiger charge is 2.19. The van der Waals surface area contributed by atoms with Crippen LogP contribution in [0, 0.1) is 0 Å². The van der Waals surface area contributed by atoms with Crippen LogP contribution in [0.15, 0.2) is 24.3 Å². The molecular formula is C12H17ClF2N2O2. The molecule has 0 unspecified atom stereocenters. The number of ether oxygens (including phenoxy) is 1. The lowest BCUT2D eigenvalue weighted by Crippen LogP contribution is -2.37. The van der Waals surface area contributed by atoms with Gasteiger partial charge in [0.05, 0.1) is 13.2 Å². The summed E-state index contributed by atoms with van der Waals surface area (Å²) < 4.78 is 29.6. The fourth-order valence-electron chi connectivity index (χ4n) is 1.50. The Hall–Kier alpha value is -1.40. The number of anilines is 1. The van der Waals surface area contributed by atoms with E-state index in [9.17, 15) is 13.6 Å². The first kappa shape index (κ1) is 17.6. The molecule has 0 radical (unpaired) electrons. The van der Waals surface area contributed by atoms with Gasteiger partial charge in [0.25, 0.3) is 12.3 Å². The summed E-state index contributed by atoms with van der Waals surface area (Å²) in [4.78, 5) is 13.1. The summed E-state index contributed by atoms with van der Waals surface area (Å²) in [5.74, 6) is -0.473. The lowest BCUT2D eigenvalue weighted by molar-refractivity contribution is 0.0478. The largest absolute Gasteiger partial charge is 0.399 e. The number of alkyl halides is 2. The van der Waals surface area contributed by atoms with Crippen molar-refractivity contribution in [1.82, 2.24) is 4.90 Å². The van der Waals surface area contributed by atoms with Crippen LogP contribution in [0.2, 0.25) is 0 Å². The van der Waals surface area contributed by atoms with Crippen LogP contribution >= 0.6 is 12.4 Å². The highest BCUT2D eigenvalue weighted by molar-refractivity contribution is 5.95. The lowest BCUT2D eigenvalue weighted by atomic mass is 10.2. The van der Waals surface area contributed by atoms with E-state index in [1.54, 1.807) is 18.2 Å². The van der Waals surface area contributed by atoms with E-state index < -0.39 is 18.9 Å². The van der Waals surface area contributed by atoms with Gasteiger partial charge in [-0.1, -0.05) is 6.07 Å². The van der Waals surface area contributed by atoms with Crippen molar-refractivity contribution in [2.24, 2.45) is 0 Å². The number of carbonyl (C=O) groups is 1. The van der Waals surface area contributed by atoms with Crippen LogP contribution in [0.4, 0.5) is 14.5 Å². The second-order valence-corrected chi connectivity index (χ2v) is 3.76. The Bertz CT molecular complexity index is 405. The van der Waals surface area contributed by atoms with Gasteiger partial charge in [-0.15, -0.1) is 12.4 Å². The molecule has 1 amide bonds. The predicted octanol–water partition coefficient (Wildman–Crippen LogP) is 2.04. The number of hydrogen-bond acceptors (Lipinski definition) is 3. The number of methoxy groups -OCH3 is 1. The third-order valence-electron chi connectivity index (χ3n) is 2.34. The normalized spacial score (nSPS) is 10.1. The van der Waals surface area contributed by atoms with Crippen LogP contribution in [0.1, 0.15) is 10.4 Å². The Labute approximate surface area is 116 Å². The van der Waals surface area contributed by atoms with Crippen LogP contribution in [-0.2, 0) is 4.74 Å². The zero-order valence-corrected chi connectivity index (χ0v) is 11.3. The number of amides is 1. The van der Waals surface area contributed by atoms with Crippen molar-refractivity contribution < 1.29 is 18.3 Å². The molecule has 0 aliphatic heterocycles. The first-order valence-electron chi connectivity index (χ1n) is 5.46. The molecule has 2 N–H and O–H groups in total. The minimum Gasteiger partial charge on any atom is -0.399 e. The molecule has 0 bridgehead atoms. The molecule has 7 heteroatoms. The first-order chi connectivity index (χ1) is 8.54. The Morgan fingerprint density at radius 3 is 2.68 bits per heavy atom. The third-order valence-corrected chi connectivity index (χ3v) is 2.34. The quantitative estimate of drug-likeness (QED) is 0.817. The second-order valence-electron chi connectivity index (χ2n) is 3.76. The van der Waals surface area contributed by atoms with Gasteiger partial charge in [0.15, 0.2) is 0 Å². The number of halogens is 3. The molecule has 0 atom stereocenters. The van der Waals surface area contributed by atoms with Crippen molar-refractivity contribution in [1.29, 1.82) is 0 Å². The molecule has 0 saturated carbocycles. The summed E-state index contributed by atoms with van der Waals surface area (Å²) in [7, 11) is 1.45. The molecule has 0 spiro atoms. The zero-order valence-electron chi connectivity index (χ0n) is 10.5. The highest BCUT2D eigenvalue weighted by atomic mass is 35.5. The number of nitrogen functional groups attached to an aromatic ring is 1. The molecule has 1 rings (SSSR count). The molecule has 0 aromatic heterocycles. The molecule has 1 aromatic rings. The van der Waals surface area contributed by atoms with E-state index in [-0.39, 0.29) is 25.6 Å². The van der Waals surface area contributed by atoms with E-state index in [0.717, 1.165) is 4.90 Å². The van der Waals surface area contributed by atoms with Gasteiger partial charge in [-0.25, -0.2) is 8.78 Å². The van der Waals surface area contributed by atoms with Crippen molar-refractivity contribution in [3.05, 3.63) is 29.8 Å². The smallest absolute Gasteiger partial charge is 0.255 e. The van der Waals surface area contributed by atoms with Gasteiger partial charge < -0.3 is 15.4 Å². The van der Waals surface area contributed by atoms with Crippen LogP contribution < -0.4 is 5.73 Å². The Kier molecular flexibility index (Phi) is 8.02. The summed E-state index contributed by atoms with van der Waals surface area (Å²) in [6, 6.07) is 6.25. The minimum absolute atomic E-state index is 0. The lowest BCUT2D eigenvalue weighted by Gasteiger charge is -2.22. The minimum atomic E-state index is -2.58. The molecule has 1 aromatic carbocycles. The Morgan fingerprint density at radius 1 is 1.47 bits per heavy atom. The highest BCUT2D eigenvalue weighted by Crippen LogP contribution is 2.11. The monoisotopic (exact) mass is 294 g/mol. The topological polar surface area (TPSA) is 55.6 Å². The number of nitrogens with zero attached hydrogens (tertiary/aromatic N) is 1. The summed E-state index contributed by atoms with van der Waals surface area (Å²) in [5.41, 5.74) is 6.27.